The summed E-state index contributed by atoms with van der Waals surface area (Å²) >= 11 is 0. The van der Waals surface area contributed by atoms with Crippen molar-refractivity contribution >= 4 is 11.9 Å². The third-order valence-corrected chi connectivity index (χ3v) is 2.94. The highest BCUT2D eigenvalue weighted by atomic mass is 16.5. The van der Waals surface area contributed by atoms with E-state index >= 15 is 0 Å². The molecule has 18 heavy (non-hydrogen) atoms. The van der Waals surface area contributed by atoms with Gasteiger partial charge in [-0.2, -0.15) is 0 Å². The summed E-state index contributed by atoms with van der Waals surface area (Å²) in [6.45, 7) is 0. The van der Waals surface area contributed by atoms with Crippen molar-refractivity contribution in [2.24, 2.45) is 0 Å². The van der Waals surface area contributed by atoms with Crippen molar-refractivity contribution in [3.63, 3.8) is 0 Å². The predicted octanol–water partition coefficient (Wildman–Crippen LogP) is 3.34. The number of carbonyl (C=O) groups is 1. The normalized spacial score (nSPS) is 17.3. The fraction of sp³-hybridized carbons (Fsp3) is 0.0625. The number of ether oxygens (including phenoxy) is 1. The number of benzene rings is 2. The zero-order valence-electron chi connectivity index (χ0n) is 9.74. The Morgan fingerprint density at radius 3 is 2.44 bits per heavy atom. The molecule has 0 N–H and O–H groups in total. The maximum atomic E-state index is 12.2. The number of rotatable bonds is 2. The van der Waals surface area contributed by atoms with Crippen LogP contribution in [0.15, 0.2) is 60.7 Å². The van der Waals surface area contributed by atoms with E-state index in [1.807, 2.05) is 60.7 Å². The highest BCUT2D eigenvalue weighted by molar-refractivity contribution is 6.06. The maximum absolute atomic E-state index is 12.2. The molecule has 0 radical (unpaired) electrons. The van der Waals surface area contributed by atoms with Crippen molar-refractivity contribution in [1.29, 1.82) is 0 Å². The van der Waals surface area contributed by atoms with Crippen LogP contribution < -0.4 is 4.74 Å². The number of Topliss-reactive ketones (excluding diaryl/α,β-unsaturated/α-hetero) is 1. The van der Waals surface area contributed by atoms with Gasteiger partial charge in [0.15, 0.2) is 6.10 Å². The molecular weight excluding hydrogens is 224 g/mol. The average molecular weight is 236 g/mol. The zero-order chi connectivity index (χ0) is 12.4. The second-order valence-electron chi connectivity index (χ2n) is 4.16. The van der Waals surface area contributed by atoms with E-state index in [1.165, 1.54) is 0 Å². The summed E-state index contributed by atoms with van der Waals surface area (Å²) in [5, 5.41) is 0. The van der Waals surface area contributed by atoms with Gasteiger partial charge < -0.3 is 4.74 Å². The largest absolute Gasteiger partial charge is 0.478 e. The molecule has 1 unspecified atom stereocenters. The highest BCUT2D eigenvalue weighted by Crippen LogP contribution is 2.22. The minimum absolute atomic E-state index is 0.0111. The summed E-state index contributed by atoms with van der Waals surface area (Å²) in [6, 6.07) is 17.0. The van der Waals surface area contributed by atoms with Crippen molar-refractivity contribution in [1.82, 2.24) is 0 Å². The molecule has 0 spiro atoms. The Hall–Kier alpha value is -2.35. The lowest BCUT2D eigenvalue weighted by Gasteiger charge is -2.19. The number of carbonyl (C=O) groups excluding carboxylic acids is 1. The van der Waals surface area contributed by atoms with Gasteiger partial charge in [0.25, 0.3) is 0 Å². The topological polar surface area (TPSA) is 26.3 Å². The van der Waals surface area contributed by atoms with Gasteiger partial charge >= 0.3 is 0 Å². The van der Waals surface area contributed by atoms with Gasteiger partial charge in [-0.05, 0) is 23.8 Å². The van der Waals surface area contributed by atoms with Crippen molar-refractivity contribution in [3.8, 4) is 5.75 Å². The van der Waals surface area contributed by atoms with Crippen LogP contribution in [0.5, 0.6) is 5.75 Å². The molecule has 2 aromatic rings. The van der Waals surface area contributed by atoms with Crippen LogP contribution in [0.4, 0.5) is 0 Å². The second kappa shape index (κ2) is 4.49. The van der Waals surface area contributed by atoms with Gasteiger partial charge in [-0.3, -0.25) is 4.79 Å². The monoisotopic (exact) mass is 236 g/mol. The Balaban J connectivity index is 1.87. The van der Waals surface area contributed by atoms with Crippen LogP contribution in [-0.4, -0.2) is 11.9 Å². The van der Waals surface area contributed by atoms with Crippen LogP contribution >= 0.6 is 0 Å². The molecule has 2 aromatic carbocycles. The van der Waals surface area contributed by atoms with E-state index in [0.717, 1.165) is 11.1 Å². The van der Waals surface area contributed by atoms with E-state index in [1.54, 1.807) is 6.08 Å². The molecule has 0 aliphatic heterocycles. The van der Waals surface area contributed by atoms with Crippen molar-refractivity contribution in [2.45, 2.75) is 6.10 Å². The zero-order valence-corrected chi connectivity index (χ0v) is 9.74. The van der Waals surface area contributed by atoms with E-state index < -0.39 is 6.10 Å². The molecule has 88 valence electrons. The molecule has 0 saturated carbocycles. The Morgan fingerprint density at radius 2 is 1.61 bits per heavy atom. The Morgan fingerprint density at radius 1 is 0.889 bits per heavy atom. The fourth-order valence-electron chi connectivity index (χ4n) is 2.04. The molecule has 3 rings (SSSR count). The predicted molar refractivity (Wildman–Crippen MR) is 70.7 cm³/mol. The van der Waals surface area contributed by atoms with E-state index in [0.29, 0.717) is 5.75 Å². The number of ketones is 1. The standard InChI is InChI=1S/C16H12O2/c17-16-14-9-5-4-6-12(14)10-11-15(16)18-13-7-2-1-3-8-13/h1-11,15H. The van der Waals surface area contributed by atoms with Crippen LogP contribution in [0.1, 0.15) is 15.9 Å². The van der Waals surface area contributed by atoms with Crippen LogP contribution in [0, 0.1) is 0 Å². The lowest BCUT2D eigenvalue weighted by molar-refractivity contribution is 0.0849. The molecule has 1 aliphatic carbocycles. The minimum atomic E-state index is -0.526. The molecule has 0 amide bonds. The SMILES string of the molecule is O=C1c2ccccc2C=CC1Oc1ccccc1. The van der Waals surface area contributed by atoms with E-state index in [4.69, 9.17) is 4.74 Å². The Labute approximate surface area is 106 Å². The minimum Gasteiger partial charge on any atom is -0.478 e. The van der Waals surface area contributed by atoms with Crippen LogP contribution in [-0.2, 0) is 0 Å². The molecule has 0 bridgehead atoms. The van der Waals surface area contributed by atoms with Gasteiger partial charge in [0.2, 0.25) is 5.78 Å². The second-order valence-corrected chi connectivity index (χ2v) is 4.16. The lowest BCUT2D eigenvalue weighted by atomic mass is 9.94. The van der Waals surface area contributed by atoms with Crippen molar-refractivity contribution in [3.05, 3.63) is 71.8 Å². The molecule has 0 saturated heterocycles. The number of fused-ring (bicyclic) bond motifs is 1. The number of hydrogen-bond donors (Lipinski definition) is 0. The van der Waals surface area contributed by atoms with Gasteiger partial charge in [0.1, 0.15) is 5.75 Å². The third kappa shape index (κ3) is 1.93. The van der Waals surface area contributed by atoms with Crippen LogP contribution in [0.25, 0.3) is 6.08 Å². The lowest BCUT2D eigenvalue weighted by Crippen LogP contribution is -2.28. The summed E-state index contributed by atoms with van der Waals surface area (Å²) in [5.74, 6) is 0.719. The highest BCUT2D eigenvalue weighted by Gasteiger charge is 2.24. The molecule has 1 aliphatic rings. The summed E-state index contributed by atoms with van der Waals surface area (Å²) in [5.41, 5.74) is 1.68. The van der Waals surface area contributed by atoms with Crippen molar-refractivity contribution < 1.29 is 9.53 Å². The first-order chi connectivity index (χ1) is 8.84. The van der Waals surface area contributed by atoms with Gasteiger partial charge in [-0.1, -0.05) is 48.5 Å². The van der Waals surface area contributed by atoms with Crippen LogP contribution in [0.2, 0.25) is 0 Å². The summed E-state index contributed by atoms with van der Waals surface area (Å²) < 4.78 is 5.69. The van der Waals surface area contributed by atoms with E-state index in [2.05, 4.69) is 0 Å². The van der Waals surface area contributed by atoms with Crippen LogP contribution in [0.3, 0.4) is 0 Å². The smallest absolute Gasteiger partial charge is 0.207 e. The quantitative estimate of drug-likeness (QED) is 0.799. The molecule has 2 heteroatoms. The average Bonchev–Trinajstić information content (AvgIpc) is 2.43. The Kier molecular flexibility index (Phi) is 2.69. The van der Waals surface area contributed by atoms with E-state index in [-0.39, 0.29) is 5.78 Å². The first-order valence-corrected chi connectivity index (χ1v) is 5.88. The van der Waals surface area contributed by atoms with E-state index in [9.17, 15) is 4.79 Å². The number of para-hydroxylation sites is 1. The molecular formula is C16H12O2. The first kappa shape index (κ1) is 10.8. The maximum Gasteiger partial charge on any atom is 0.207 e. The summed E-state index contributed by atoms with van der Waals surface area (Å²) in [6.07, 6.45) is 3.21. The third-order valence-electron chi connectivity index (χ3n) is 2.94. The molecule has 0 heterocycles. The van der Waals surface area contributed by atoms with Gasteiger partial charge in [-0.15, -0.1) is 0 Å². The number of hydrogen-bond acceptors (Lipinski definition) is 2. The van der Waals surface area contributed by atoms with Gasteiger partial charge in [-0.25, -0.2) is 0 Å². The Bertz CT molecular complexity index is 600. The van der Waals surface area contributed by atoms with Gasteiger partial charge in [0, 0.05) is 5.56 Å². The summed E-state index contributed by atoms with van der Waals surface area (Å²) in [4.78, 5) is 12.2. The molecule has 1 atom stereocenters. The first-order valence-electron chi connectivity index (χ1n) is 5.88. The molecule has 2 nitrogen and oxygen atoms in total. The fourth-order valence-corrected chi connectivity index (χ4v) is 2.04. The van der Waals surface area contributed by atoms with Crippen molar-refractivity contribution in [2.75, 3.05) is 0 Å². The molecule has 0 fully saturated rings. The summed E-state index contributed by atoms with van der Waals surface area (Å²) in [7, 11) is 0. The molecule has 0 aromatic heterocycles. The van der Waals surface area contributed by atoms with Gasteiger partial charge in [0.05, 0.1) is 0 Å².